The van der Waals surface area contributed by atoms with Crippen LogP contribution in [0.3, 0.4) is 0 Å². The summed E-state index contributed by atoms with van der Waals surface area (Å²) in [5, 5.41) is 0. The van der Waals surface area contributed by atoms with Crippen molar-refractivity contribution in [1.29, 1.82) is 0 Å². The molecule has 2 rings (SSSR count). The van der Waals surface area contributed by atoms with Gasteiger partial charge < -0.3 is 5.73 Å². The zero-order valence-corrected chi connectivity index (χ0v) is 8.72. The number of hydrogen-bond donors (Lipinski definition) is 1. The zero-order chi connectivity index (χ0) is 9.42. The van der Waals surface area contributed by atoms with Gasteiger partial charge in [0.05, 0.1) is 0 Å². The molecule has 2 atom stereocenters. The normalized spacial score (nSPS) is 26.1. The number of hydrogen-bond acceptors (Lipinski definition) is 1. The first kappa shape index (κ1) is 9.16. The third-order valence-corrected chi connectivity index (χ3v) is 3.27. The summed E-state index contributed by atoms with van der Waals surface area (Å²) in [5.41, 5.74) is 6.74. The summed E-state index contributed by atoms with van der Waals surface area (Å²) in [4.78, 5) is 0. The molecule has 0 amide bonds. The minimum atomic E-state index is -0.194. The fourth-order valence-corrected chi connectivity index (χ4v) is 2.34. The van der Waals surface area contributed by atoms with Crippen molar-refractivity contribution in [2.45, 2.75) is 12.3 Å². The third kappa shape index (κ3) is 1.76. The van der Waals surface area contributed by atoms with Crippen LogP contribution in [0.2, 0.25) is 0 Å². The van der Waals surface area contributed by atoms with Crippen LogP contribution in [0.5, 0.6) is 0 Å². The smallest absolute Gasteiger partial charge is 0.124 e. The molecular weight excluding hydrogens is 233 g/mol. The van der Waals surface area contributed by atoms with E-state index in [1.165, 1.54) is 17.7 Å². The van der Waals surface area contributed by atoms with Gasteiger partial charge in [-0.1, -0.05) is 22.0 Å². The summed E-state index contributed by atoms with van der Waals surface area (Å²) >= 11 is 3.36. The first-order valence-corrected chi connectivity index (χ1v) is 5.16. The van der Waals surface area contributed by atoms with Crippen LogP contribution in [0.25, 0.3) is 0 Å². The molecule has 0 aliphatic heterocycles. The maximum absolute atomic E-state index is 12.8. The van der Waals surface area contributed by atoms with Crippen LogP contribution in [0, 0.1) is 11.7 Å². The molecule has 1 aromatic carbocycles. The van der Waals surface area contributed by atoms with E-state index < -0.39 is 0 Å². The van der Waals surface area contributed by atoms with Crippen molar-refractivity contribution in [3.63, 3.8) is 0 Å². The van der Waals surface area contributed by atoms with Crippen molar-refractivity contribution in [2.75, 3.05) is 6.54 Å². The summed E-state index contributed by atoms with van der Waals surface area (Å²) in [5.74, 6) is 0.947. The van der Waals surface area contributed by atoms with E-state index in [1.54, 1.807) is 0 Å². The lowest BCUT2D eigenvalue weighted by atomic mass is 10.1. The molecule has 3 heteroatoms. The summed E-state index contributed by atoms with van der Waals surface area (Å²) < 4.78 is 13.6. The predicted octanol–water partition coefficient (Wildman–Crippen LogP) is 2.65. The van der Waals surface area contributed by atoms with E-state index in [0.717, 1.165) is 17.4 Å². The molecule has 0 unspecified atom stereocenters. The number of halogens is 2. The zero-order valence-electron chi connectivity index (χ0n) is 7.13. The molecule has 0 saturated heterocycles. The highest BCUT2D eigenvalue weighted by Gasteiger charge is 2.37. The van der Waals surface area contributed by atoms with E-state index in [9.17, 15) is 4.39 Å². The van der Waals surface area contributed by atoms with E-state index in [0.29, 0.717) is 11.8 Å². The molecule has 1 aromatic rings. The van der Waals surface area contributed by atoms with Gasteiger partial charge in [0.15, 0.2) is 0 Å². The molecule has 0 radical (unpaired) electrons. The van der Waals surface area contributed by atoms with Gasteiger partial charge in [0.25, 0.3) is 0 Å². The fraction of sp³-hybridized carbons (Fsp3) is 0.400. The monoisotopic (exact) mass is 243 g/mol. The first-order valence-electron chi connectivity index (χ1n) is 4.37. The quantitative estimate of drug-likeness (QED) is 0.850. The lowest BCUT2D eigenvalue weighted by Gasteiger charge is -2.02. The van der Waals surface area contributed by atoms with Crippen molar-refractivity contribution in [1.82, 2.24) is 0 Å². The molecule has 1 saturated carbocycles. The number of benzene rings is 1. The van der Waals surface area contributed by atoms with Crippen LogP contribution in [-0.4, -0.2) is 6.54 Å². The average Bonchev–Trinajstić information content (AvgIpc) is 2.83. The second kappa shape index (κ2) is 3.39. The molecule has 0 bridgehead atoms. The molecule has 0 heterocycles. The Bertz CT molecular complexity index is 327. The summed E-state index contributed by atoms with van der Waals surface area (Å²) in [6.07, 6.45) is 1.14. The highest BCUT2D eigenvalue weighted by molar-refractivity contribution is 9.10. The van der Waals surface area contributed by atoms with Crippen LogP contribution < -0.4 is 5.73 Å². The van der Waals surface area contributed by atoms with Crippen molar-refractivity contribution in [3.05, 3.63) is 34.1 Å². The van der Waals surface area contributed by atoms with Crippen molar-refractivity contribution in [3.8, 4) is 0 Å². The Kier molecular flexibility index (Phi) is 2.39. The minimum absolute atomic E-state index is 0.194. The molecule has 0 spiro atoms. The first-order chi connectivity index (χ1) is 6.22. The minimum Gasteiger partial charge on any atom is -0.330 e. The summed E-state index contributed by atoms with van der Waals surface area (Å²) in [7, 11) is 0. The van der Waals surface area contributed by atoms with Gasteiger partial charge >= 0.3 is 0 Å². The van der Waals surface area contributed by atoms with E-state index in [-0.39, 0.29) is 5.82 Å². The van der Waals surface area contributed by atoms with Crippen molar-refractivity contribution < 1.29 is 4.39 Å². The number of rotatable bonds is 2. The van der Waals surface area contributed by atoms with E-state index in [2.05, 4.69) is 15.9 Å². The molecule has 1 aliphatic carbocycles. The largest absolute Gasteiger partial charge is 0.330 e. The van der Waals surface area contributed by atoms with Gasteiger partial charge in [-0.15, -0.1) is 0 Å². The average molecular weight is 244 g/mol. The maximum atomic E-state index is 12.8. The highest BCUT2D eigenvalue weighted by atomic mass is 79.9. The molecule has 70 valence electrons. The molecule has 1 aliphatic rings. The Hall–Kier alpha value is -0.410. The van der Waals surface area contributed by atoms with Crippen LogP contribution in [-0.2, 0) is 0 Å². The van der Waals surface area contributed by atoms with Gasteiger partial charge in [0.1, 0.15) is 5.82 Å². The van der Waals surface area contributed by atoms with Crippen LogP contribution in [0.15, 0.2) is 22.7 Å². The fourth-order valence-electron chi connectivity index (χ4n) is 1.69. The van der Waals surface area contributed by atoms with Gasteiger partial charge in [0, 0.05) is 4.47 Å². The molecule has 2 N–H and O–H groups in total. The Balaban J connectivity index is 2.22. The molecular formula is C10H11BrFN. The predicted molar refractivity (Wildman–Crippen MR) is 54.0 cm³/mol. The Morgan fingerprint density at radius 3 is 2.85 bits per heavy atom. The van der Waals surface area contributed by atoms with Crippen LogP contribution >= 0.6 is 15.9 Å². The second-order valence-electron chi connectivity index (χ2n) is 3.50. The lowest BCUT2D eigenvalue weighted by molar-refractivity contribution is 0.625. The summed E-state index contributed by atoms with van der Waals surface area (Å²) in [6, 6.07) is 4.87. The van der Waals surface area contributed by atoms with E-state index in [4.69, 9.17) is 5.73 Å². The standard InChI is InChI=1S/C10H11BrFN/c11-10-4-7(12)1-2-8(10)9-3-6(9)5-13/h1-2,4,6,9H,3,5,13H2/t6-,9+/m0/s1. The Labute approximate surface area is 85.3 Å². The number of nitrogens with two attached hydrogens (primary N) is 1. The highest BCUT2D eigenvalue weighted by Crippen LogP contribution is 2.48. The van der Waals surface area contributed by atoms with Crippen molar-refractivity contribution >= 4 is 15.9 Å². The SMILES string of the molecule is NC[C@@H]1C[C@H]1c1ccc(F)cc1Br. The lowest BCUT2D eigenvalue weighted by Crippen LogP contribution is -2.02. The molecule has 1 nitrogen and oxygen atoms in total. The Morgan fingerprint density at radius 1 is 1.54 bits per heavy atom. The van der Waals surface area contributed by atoms with Gasteiger partial charge in [-0.25, -0.2) is 4.39 Å². The van der Waals surface area contributed by atoms with Gasteiger partial charge in [-0.05, 0) is 42.5 Å². The second-order valence-corrected chi connectivity index (χ2v) is 4.36. The van der Waals surface area contributed by atoms with Gasteiger partial charge in [-0.3, -0.25) is 0 Å². The maximum Gasteiger partial charge on any atom is 0.124 e. The Morgan fingerprint density at radius 2 is 2.31 bits per heavy atom. The van der Waals surface area contributed by atoms with Gasteiger partial charge in [-0.2, -0.15) is 0 Å². The summed E-state index contributed by atoms with van der Waals surface area (Å²) in [6.45, 7) is 0.731. The van der Waals surface area contributed by atoms with Crippen LogP contribution in [0.4, 0.5) is 4.39 Å². The van der Waals surface area contributed by atoms with Crippen molar-refractivity contribution in [2.24, 2.45) is 11.7 Å². The van der Waals surface area contributed by atoms with Crippen LogP contribution in [0.1, 0.15) is 17.9 Å². The molecule has 13 heavy (non-hydrogen) atoms. The van der Waals surface area contributed by atoms with E-state index >= 15 is 0 Å². The molecule has 1 fully saturated rings. The van der Waals surface area contributed by atoms with E-state index in [1.807, 2.05) is 6.07 Å². The van der Waals surface area contributed by atoms with Gasteiger partial charge in [0.2, 0.25) is 0 Å². The third-order valence-electron chi connectivity index (χ3n) is 2.59. The topological polar surface area (TPSA) is 26.0 Å². The molecule has 0 aromatic heterocycles.